The van der Waals surface area contributed by atoms with Crippen molar-refractivity contribution in [2.24, 2.45) is 0 Å². The maximum Gasteiger partial charge on any atom is 0.351 e. The van der Waals surface area contributed by atoms with Gasteiger partial charge in [0, 0.05) is 6.07 Å². The molecular weight excluding hydrogens is 292 g/mol. The lowest BCUT2D eigenvalue weighted by molar-refractivity contribution is 0.104. The molecule has 0 atom stereocenters. The van der Waals surface area contributed by atoms with Crippen molar-refractivity contribution >= 4 is 11.9 Å². The summed E-state index contributed by atoms with van der Waals surface area (Å²) in [6, 6.07) is 9.21. The molecule has 0 aliphatic rings. The number of carbonyl (C=O) groups is 1. The summed E-state index contributed by atoms with van der Waals surface area (Å²) in [4.78, 5) is 24.4. The van der Waals surface area contributed by atoms with Crippen LogP contribution in [-0.2, 0) is 0 Å². The Balaban J connectivity index is 2.34. The minimum atomic E-state index is -0.706. The largest absolute Gasteiger partial charge is 0.488 e. The molecule has 0 saturated heterocycles. The summed E-state index contributed by atoms with van der Waals surface area (Å²) in [5.41, 5.74) is 1.15. The van der Waals surface area contributed by atoms with E-state index in [-0.39, 0.29) is 17.9 Å². The van der Waals surface area contributed by atoms with Crippen molar-refractivity contribution in [1.29, 1.82) is 0 Å². The predicted molar refractivity (Wildman–Crippen MR) is 90.0 cm³/mol. The van der Waals surface area contributed by atoms with Crippen LogP contribution in [0.15, 0.2) is 58.3 Å². The van der Waals surface area contributed by atoms with Crippen LogP contribution in [0, 0.1) is 13.8 Å². The van der Waals surface area contributed by atoms with Crippen LogP contribution in [0.5, 0.6) is 5.75 Å². The smallest absolute Gasteiger partial charge is 0.351 e. The van der Waals surface area contributed by atoms with Gasteiger partial charge in [-0.3, -0.25) is 4.79 Å². The second kappa shape index (κ2) is 7.40. The van der Waals surface area contributed by atoms with Gasteiger partial charge >= 0.3 is 5.63 Å². The first kappa shape index (κ1) is 16.5. The molecule has 1 aromatic heterocycles. The van der Waals surface area contributed by atoms with Crippen LogP contribution in [0.3, 0.4) is 0 Å². The summed E-state index contributed by atoms with van der Waals surface area (Å²) in [6.07, 6.45) is 4.55. The Morgan fingerprint density at radius 1 is 1.30 bits per heavy atom. The van der Waals surface area contributed by atoms with Gasteiger partial charge in [0.2, 0.25) is 0 Å². The zero-order chi connectivity index (χ0) is 16.8. The SMILES string of the molecule is C=CCOc1cc(C)oc(=O)c1C(=O)C=Cc1cccc(C)c1. The molecule has 1 heterocycles. The van der Waals surface area contributed by atoms with E-state index < -0.39 is 11.4 Å². The van der Waals surface area contributed by atoms with Gasteiger partial charge < -0.3 is 9.15 Å². The van der Waals surface area contributed by atoms with E-state index in [0.717, 1.165) is 11.1 Å². The molecule has 0 saturated carbocycles. The minimum absolute atomic E-state index is 0.110. The van der Waals surface area contributed by atoms with E-state index in [4.69, 9.17) is 9.15 Å². The number of ether oxygens (including phenoxy) is 1. The second-order valence-electron chi connectivity index (χ2n) is 5.10. The summed E-state index contributed by atoms with van der Waals surface area (Å²) in [6.45, 7) is 7.34. The van der Waals surface area contributed by atoms with Crippen LogP contribution in [-0.4, -0.2) is 12.4 Å². The number of ketones is 1. The lowest BCUT2D eigenvalue weighted by Crippen LogP contribution is -2.15. The highest BCUT2D eigenvalue weighted by atomic mass is 16.5. The Hall–Kier alpha value is -2.88. The summed E-state index contributed by atoms with van der Waals surface area (Å²) >= 11 is 0. The third-order valence-corrected chi connectivity index (χ3v) is 3.11. The normalized spacial score (nSPS) is 10.7. The molecule has 2 rings (SSSR count). The number of aryl methyl sites for hydroxylation is 2. The first-order valence-corrected chi connectivity index (χ1v) is 7.19. The van der Waals surface area contributed by atoms with Crippen LogP contribution < -0.4 is 10.4 Å². The van der Waals surface area contributed by atoms with Crippen molar-refractivity contribution in [3.8, 4) is 5.75 Å². The quantitative estimate of drug-likeness (QED) is 0.463. The van der Waals surface area contributed by atoms with Crippen LogP contribution >= 0.6 is 0 Å². The summed E-state index contributed by atoms with van der Waals surface area (Å²) in [7, 11) is 0. The van der Waals surface area contributed by atoms with Crippen LogP contribution in [0.2, 0.25) is 0 Å². The molecule has 4 nitrogen and oxygen atoms in total. The summed E-state index contributed by atoms with van der Waals surface area (Å²) < 4.78 is 10.4. The van der Waals surface area contributed by atoms with E-state index in [9.17, 15) is 9.59 Å². The van der Waals surface area contributed by atoms with E-state index >= 15 is 0 Å². The summed E-state index contributed by atoms with van der Waals surface area (Å²) in [5, 5.41) is 0. The third kappa shape index (κ3) is 4.30. The number of rotatable bonds is 6. The predicted octanol–water partition coefficient (Wildman–Crippen LogP) is 3.72. The van der Waals surface area contributed by atoms with Crippen molar-refractivity contribution in [3.05, 3.63) is 81.9 Å². The van der Waals surface area contributed by atoms with Gasteiger partial charge in [-0.2, -0.15) is 0 Å². The number of benzene rings is 1. The first-order chi connectivity index (χ1) is 11.0. The number of carbonyl (C=O) groups excluding carboxylic acids is 1. The van der Waals surface area contributed by atoms with E-state index in [1.165, 1.54) is 12.1 Å². The number of hydrogen-bond donors (Lipinski definition) is 0. The highest BCUT2D eigenvalue weighted by molar-refractivity contribution is 6.08. The van der Waals surface area contributed by atoms with Crippen molar-refractivity contribution < 1.29 is 13.9 Å². The average molecular weight is 310 g/mol. The fraction of sp³-hybridized carbons (Fsp3) is 0.158. The second-order valence-corrected chi connectivity index (χ2v) is 5.10. The Kier molecular flexibility index (Phi) is 5.31. The van der Waals surface area contributed by atoms with Crippen LogP contribution in [0.4, 0.5) is 0 Å². The highest BCUT2D eigenvalue weighted by Crippen LogP contribution is 2.18. The van der Waals surface area contributed by atoms with E-state index in [2.05, 4.69) is 6.58 Å². The Labute approximate surface area is 134 Å². The molecule has 23 heavy (non-hydrogen) atoms. The Morgan fingerprint density at radius 2 is 2.09 bits per heavy atom. The fourth-order valence-electron chi connectivity index (χ4n) is 2.10. The number of allylic oxidation sites excluding steroid dienone is 1. The minimum Gasteiger partial charge on any atom is -0.488 e. The zero-order valence-electron chi connectivity index (χ0n) is 13.2. The van der Waals surface area contributed by atoms with Gasteiger partial charge in [-0.1, -0.05) is 48.6 Å². The first-order valence-electron chi connectivity index (χ1n) is 7.19. The van der Waals surface area contributed by atoms with Crippen molar-refractivity contribution in [1.82, 2.24) is 0 Å². The molecule has 118 valence electrons. The molecule has 0 bridgehead atoms. The molecule has 0 N–H and O–H groups in total. The zero-order valence-corrected chi connectivity index (χ0v) is 13.2. The van der Waals surface area contributed by atoms with Gasteiger partial charge in [0.15, 0.2) is 5.78 Å². The molecule has 0 aliphatic heterocycles. The fourth-order valence-corrected chi connectivity index (χ4v) is 2.10. The summed E-state index contributed by atoms with van der Waals surface area (Å²) in [5.74, 6) is 0.130. The molecular formula is C19H18O4. The van der Waals surface area contributed by atoms with Crippen LogP contribution in [0.25, 0.3) is 6.08 Å². The van der Waals surface area contributed by atoms with Crippen molar-refractivity contribution in [3.63, 3.8) is 0 Å². The molecule has 0 radical (unpaired) electrons. The van der Waals surface area contributed by atoms with Crippen LogP contribution in [0.1, 0.15) is 27.2 Å². The average Bonchev–Trinajstić information content (AvgIpc) is 2.50. The molecule has 0 amide bonds. The third-order valence-electron chi connectivity index (χ3n) is 3.11. The van der Waals surface area contributed by atoms with Crippen molar-refractivity contribution in [2.75, 3.05) is 6.61 Å². The molecule has 4 heteroatoms. The Bertz CT molecular complexity index is 812. The van der Waals surface area contributed by atoms with E-state index in [0.29, 0.717) is 5.76 Å². The van der Waals surface area contributed by atoms with Gasteiger partial charge in [0.05, 0.1) is 0 Å². The maximum atomic E-state index is 12.4. The lowest BCUT2D eigenvalue weighted by atomic mass is 10.1. The molecule has 0 aliphatic carbocycles. The van der Waals surface area contributed by atoms with Crippen molar-refractivity contribution in [2.45, 2.75) is 13.8 Å². The number of hydrogen-bond acceptors (Lipinski definition) is 4. The molecule has 2 aromatic rings. The van der Waals surface area contributed by atoms with Gasteiger partial charge in [-0.15, -0.1) is 0 Å². The van der Waals surface area contributed by atoms with Gasteiger partial charge in [0.1, 0.15) is 23.7 Å². The molecule has 0 spiro atoms. The maximum absolute atomic E-state index is 12.4. The Morgan fingerprint density at radius 3 is 2.78 bits per heavy atom. The topological polar surface area (TPSA) is 56.5 Å². The van der Waals surface area contributed by atoms with Gasteiger partial charge in [0.25, 0.3) is 0 Å². The highest BCUT2D eigenvalue weighted by Gasteiger charge is 2.17. The lowest BCUT2D eigenvalue weighted by Gasteiger charge is -2.07. The molecule has 1 aromatic carbocycles. The van der Waals surface area contributed by atoms with E-state index in [1.54, 1.807) is 19.1 Å². The van der Waals surface area contributed by atoms with E-state index in [1.807, 2.05) is 31.2 Å². The monoisotopic (exact) mass is 310 g/mol. The molecule has 0 fully saturated rings. The van der Waals surface area contributed by atoms with Gasteiger partial charge in [-0.05, 0) is 25.5 Å². The molecule has 0 unspecified atom stereocenters. The van der Waals surface area contributed by atoms with Gasteiger partial charge in [-0.25, -0.2) is 4.79 Å². The standard InChI is InChI=1S/C19H18O4/c1-4-10-22-17-12-14(3)23-19(21)18(17)16(20)9-8-15-7-5-6-13(2)11-15/h4-9,11-12H,1,10H2,2-3H3.